The van der Waals surface area contributed by atoms with Gasteiger partial charge in [0.1, 0.15) is 6.54 Å². The molecule has 0 saturated carbocycles. The quantitative estimate of drug-likeness (QED) is 0.707. The first-order valence-corrected chi connectivity index (χ1v) is 7.08. The van der Waals surface area contributed by atoms with E-state index in [1.807, 2.05) is 0 Å². The maximum absolute atomic E-state index is 11.8. The van der Waals surface area contributed by atoms with Crippen LogP contribution >= 0.6 is 0 Å². The molecule has 1 unspecified atom stereocenters. The number of likely N-dealkylation sites (tertiary alicyclic amines) is 1. The molecule has 0 radical (unpaired) electrons. The van der Waals surface area contributed by atoms with Gasteiger partial charge in [-0.05, 0) is 25.4 Å². The molecule has 21 heavy (non-hydrogen) atoms. The van der Waals surface area contributed by atoms with Gasteiger partial charge in [-0.25, -0.2) is 4.79 Å². The van der Waals surface area contributed by atoms with E-state index in [0.29, 0.717) is 18.2 Å². The van der Waals surface area contributed by atoms with Crippen molar-refractivity contribution in [2.24, 2.45) is 5.92 Å². The van der Waals surface area contributed by atoms with Crippen molar-refractivity contribution in [2.75, 3.05) is 31.5 Å². The van der Waals surface area contributed by atoms with E-state index < -0.39 is 5.97 Å². The highest BCUT2D eigenvalue weighted by Gasteiger charge is 2.21. The molecule has 116 valence electrons. The van der Waals surface area contributed by atoms with Crippen LogP contribution in [0.2, 0.25) is 0 Å². The van der Waals surface area contributed by atoms with Crippen molar-refractivity contribution in [1.82, 2.24) is 20.0 Å². The molecule has 0 spiro atoms. The molecule has 0 aliphatic carbocycles. The van der Waals surface area contributed by atoms with Crippen LogP contribution in [0.3, 0.4) is 0 Å². The van der Waals surface area contributed by atoms with Crippen molar-refractivity contribution in [2.45, 2.75) is 19.9 Å². The van der Waals surface area contributed by atoms with Crippen molar-refractivity contribution in [3.8, 4) is 0 Å². The van der Waals surface area contributed by atoms with Gasteiger partial charge < -0.3 is 20.6 Å². The molecule has 1 aliphatic rings. The zero-order chi connectivity index (χ0) is 15.2. The summed E-state index contributed by atoms with van der Waals surface area (Å²) in [5, 5.41) is 18.0. The average molecular weight is 295 g/mol. The second-order valence-corrected chi connectivity index (χ2v) is 5.20. The Bertz CT molecular complexity index is 502. The largest absolute Gasteiger partial charge is 0.480 e. The highest BCUT2D eigenvalue weighted by atomic mass is 16.4. The molecular formula is C13H21N5O3. The molecule has 0 aromatic carbocycles. The maximum atomic E-state index is 11.8. The van der Waals surface area contributed by atoms with E-state index in [9.17, 15) is 9.59 Å². The number of urea groups is 1. The third-order valence-corrected chi connectivity index (χ3v) is 3.56. The fourth-order valence-corrected chi connectivity index (χ4v) is 2.43. The SMILES string of the molecule is CCN1CCC(CNC(=O)Nc2cnn(CC(=O)O)c2)C1. The minimum absolute atomic E-state index is 0.224. The number of aromatic nitrogens is 2. The number of nitrogens with one attached hydrogen (secondary N) is 2. The van der Waals surface area contributed by atoms with E-state index in [4.69, 9.17) is 5.11 Å². The summed E-state index contributed by atoms with van der Waals surface area (Å²) in [5.41, 5.74) is 0.482. The zero-order valence-electron chi connectivity index (χ0n) is 12.1. The van der Waals surface area contributed by atoms with Gasteiger partial charge in [0.2, 0.25) is 0 Å². The molecule has 8 heteroatoms. The van der Waals surface area contributed by atoms with Crippen molar-refractivity contribution in [3.63, 3.8) is 0 Å². The van der Waals surface area contributed by atoms with Crippen molar-refractivity contribution >= 4 is 17.7 Å². The Balaban J connectivity index is 1.72. The first-order chi connectivity index (χ1) is 10.1. The summed E-state index contributed by atoms with van der Waals surface area (Å²) in [6.45, 7) is 5.71. The van der Waals surface area contributed by atoms with E-state index in [1.165, 1.54) is 17.1 Å². The molecule has 2 rings (SSSR count). The summed E-state index contributed by atoms with van der Waals surface area (Å²) >= 11 is 0. The summed E-state index contributed by atoms with van der Waals surface area (Å²) in [7, 11) is 0. The lowest BCUT2D eigenvalue weighted by atomic mass is 10.1. The lowest BCUT2D eigenvalue weighted by Gasteiger charge is -2.13. The Kier molecular flexibility index (Phi) is 5.15. The molecule has 1 aromatic heterocycles. The van der Waals surface area contributed by atoms with Gasteiger partial charge in [-0.15, -0.1) is 0 Å². The van der Waals surface area contributed by atoms with Crippen LogP contribution in [-0.4, -0.2) is 58.0 Å². The second-order valence-electron chi connectivity index (χ2n) is 5.20. The predicted octanol–water partition coefficient (Wildman–Crippen LogP) is 0.431. The molecule has 3 N–H and O–H groups in total. The normalized spacial score (nSPS) is 18.6. The summed E-state index contributed by atoms with van der Waals surface area (Å²) < 4.78 is 1.26. The number of aliphatic carboxylic acids is 1. The number of carboxylic acid groups (broad SMARTS) is 1. The van der Waals surface area contributed by atoms with Gasteiger partial charge in [0, 0.05) is 19.3 Å². The first kappa shape index (κ1) is 15.3. The number of carbonyl (C=O) groups excluding carboxylic acids is 1. The molecule has 1 aliphatic heterocycles. The minimum Gasteiger partial charge on any atom is -0.480 e. The number of amides is 2. The Morgan fingerprint density at radius 2 is 2.33 bits per heavy atom. The van der Waals surface area contributed by atoms with Gasteiger partial charge >= 0.3 is 12.0 Å². The smallest absolute Gasteiger partial charge is 0.325 e. The highest BCUT2D eigenvalue weighted by molar-refractivity contribution is 5.88. The molecule has 1 atom stereocenters. The number of carboxylic acids is 1. The number of carbonyl (C=O) groups is 2. The summed E-state index contributed by atoms with van der Waals surface area (Å²) in [6.07, 6.45) is 4.02. The molecule has 1 saturated heterocycles. The van der Waals surface area contributed by atoms with Gasteiger partial charge in [0.05, 0.1) is 11.9 Å². The van der Waals surface area contributed by atoms with E-state index in [0.717, 1.165) is 26.1 Å². The molecular weight excluding hydrogens is 274 g/mol. The Hall–Kier alpha value is -2.09. The molecule has 2 heterocycles. The maximum Gasteiger partial charge on any atom is 0.325 e. The van der Waals surface area contributed by atoms with Gasteiger partial charge in [-0.1, -0.05) is 6.92 Å². The van der Waals surface area contributed by atoms with Crippen LogP contribution in [0.1, 0.15) is 13.3 Å². The topological polar surface area (TPSA) is 99.5 Å². The number of hydrogen-bond donors (Lipinski definition) is 3. The van der Waals surface area contributed by atoms with Crippen LogP contribution in [0.15, 0.2) is 12.4 Å². The molecule has 1 fully saturated rings. The Morgan fingerprint density at radius 1 is 1.52 bits per heavy atom. The van der Waals surface area contributed by atoms with Crippen LogP contribution in [0, 0.1) is 5.92 Å². The van der Waals surface area contributed by atoms with Crippen LogP contribution in [0.5, 0.6) is 0 Å². The third kappa shape index (κ3) is 4.75. The zero-order valence-corrected chi connectivity index (χ0v) is 12.1. The van der Waals surface area contributed by atoms with Crippen molar-refractivity contribution in [3.05, 3.63) is 12.4 Å². The predicted molar refractivity (Wildman–Crippen MR) is 77.1 cm³/mol. The van der Waals surface area contributed by atoms with Gasteiger partial charge in [0.15, 0.2) is 0 Å². The fourth-order valence-electron chi connectivity index (χ4n) is 2.43. The monoisotopic (exact) mass is 295 g/mol. The first-order valence-electron chi connectivity index (χ1n) is 7.08. The lowest BCUT2D eigenvalue weighted by molar-refractivity contribution is -0.137. The third-order valence-electron chi connectivity index (χ3n) is 3.56. The van der Waals surface area contributed by atoms with Crippen LogP contribution in [-0.2, 0) is 11.3 Å². The summed E-state index contributed by atoms with van der Waals surface area (Å²) in [4.78, 5) is 24.7. The number of hydrogen-bond acceptors (Lipinski definition) is 4. The van der Waals surface area contributed by atoms with Crippen LogP contribution in [0.25, 0.3) is 0 Å². The Morgan fingerprint density at radius 3 is 3.00 bits per heavy atom. The van der Waals surface area contributed by atoms with E-state index in [1.54, 1.807) is 0 Å². The standard InChI is InChI=1S/C13H21N5O3/c1-2-17-4-3-10(7-17)5-14-13(21)16-11-6-15-18(8-11)9-12(19)20/h6,8,10H,2-5,7,9H2,1H3,(H,19,20)(H2,14,16,21). The number of rotatable bonds is 6. The van der Waals surface area contributed by atoms with Gasteiger partial charge in [0.25, 0.3) is 0 Å². The van der Waals surface area contributed by atoms with Crippen LogP contribution in [0.4, 0.5) is 10.5 Å². The molecule has 2 amide bonds. The fraction of sp³-hybridized carbons (Fsp3) is 0.615. The van der Waals surface area contributed by atoms with E-state index in [2.05, 4.69) is 27.6 Å². The van der Waals surface area contributed by atoms with Gasteiger partial charge in [-0.2, -0.15) is 5.10 Å². The number of anilines is 1. The Labute approximate surface area is 123 Å². The summed E-state index contributed by atoms with van der Waals surface area (Å²) in [5.74, 6) is -0.485. The minimum atomic E-state index is -0.976. The van der Waals surface area contributed by atoms with Crippen molar-refractivity contribution in [1.29, 1.82) is 0 Å². The summed E-state index contributed by atoms with van der Waals surface area (Å²) in [6, 6.07) is -0.292. The van der Waals surface area contributed by atoms with E-state index in [-0.39, 0.29) is 12.6 Å². The van der Waals surface area contributed by atoms with Crippen molar-refractivity contribution < 1.29 is 14.7 Å². The molecule has 1 aromatic rings. The molecule has 0 bridgehead atoms. The number of nitrogens with zero attached hydrogens (tertiary/aromatic N) is 3. The lowest BCUT2D eigenvalue weighted by Crippen LogP contribution is -2.34. The second kappa shape index (κ2) is 7.07. The average Bonchev–Trinajstić information content (AvgIpc) is 3.05. The highest BCUT2D eigenvalue weighted by Crippen LogP contribution is 2.14. The van der Waals surface area contributed by atoms with E-state index >= 15 is 0 Å². The van der Waals surface area contributed by atoms with Gasteiger partial charge in [-0.3, -0.25) is 9.48 Å². The van der Waals surface area contributed by atoms with Crippen LogP contribution < -0.4 is 10.6 Å². The molecule has 8 nitrogen and oxygen atoms in total.